The van der Waals surface area contributed by atoms with E-state index in [2.05, 4.69) is 20.3 Å². The van der Waals surface area contributed by atoms with E-state index < -0.39 is 5.54 Å². The van der Waals surface area contributed by atoms with Crippen molar-refractivity contribution in [3.8, 4) is 17.3 Å². The number of aryl methyl sites for hydroxylation is 1. The van der Waals surface area contributed by atoms with E-state index in [1.807, 2.05) is 31.2 Å². The van der Waals surface area contributed by atoms with Gasteiger partial charge in [-0.25, -0.2) is 9.97 Å². The van der Waals surface area contributed by atoms with Crippen LogP contribution < -0.4 is 5.32 Å². The minimum absolute atomic E-state index is 0.265. The van der Waals surface area contributed by atoms with Gasteiger partial charge in [-0.05, 0) is 45.0 Å². The number of aromatic amines is 1. The van der Waals surface area contributed by atoms with E-state index in [-0.39, 0.29) is 11.6 Å². The molecule has 0 unspecified atom stereocenters. The number of fused-ring (bicyclic) bond motifs is 1. The van der Waals surface area contributed by atoms with Crippen LogP contribution in [-0.2, 0) is 0 Å². The van der Waals surface area contributed by atoms with Gasteiger partial charge in [0.05, 0.1) is 11.8 Å². The molecule has 120 valence electrons. The molecule has 3 heterocycles. The maximum atomic E-state index is 12.3. The zero-order chi connectivity index (χ0) is 17.3. The Morgan fingerprint density at radius 1 is 1.33 bits per heavy atom. The molecule has 0 spiro atoms. The van der Waals surface area contributed by atoms with Crippen molar-refractivity contribution in [3.05, 3.63) is 47.9 Å². The van der Waals surface area contributed by atoms with Crippen LogP contribution >= 0.6 is 0 Å². The summed E-state index contributed by atoms with van der Waals surface area (Å²) in [6.07, 6.45) is 1.72. The summed E-state index contributed by atoms with van der Waals surface area (Å²) in [6.45, 7) is 5.25. The molecule has 0 saturated heterocycles. The Morgan fingerprint density at radius 2 is 2.12 bits per heavy atom. The fourth-order valence-corrected chi connectivity index (χ4v) is 2.39. The molecule has 0 aromatic carbocycles. The summed E-state index contributed by atoms with van der Waals surface area (Å²) in [5.41, 5.74) is 2.66. The summed E-state index contributed by atoms with van der Waals surface area (Å²) in [4.78, 5) is 24.2. The first-order valence-corrected chi connectivity index (χ1v) is 7.54. The smallest absolute Gasteiger partial charge is 0.271 e. The molecule has 3 rings (SSSR count). The monoisotopic (exact) mass is 319 g/mol. The molecule has 24 heavy (non-hydrogen) atoms. The van der Waals surface area contributed by atoms with Crippen molar-refractivity contribution in [2.45, 2.75) is 26.3 Å². The van der Waals surface area contributed by atoms with Crippen LogP contribution in [0.25, 0.3) is 22.3 Å². The molecule has 3 aromatic rings. The van der Waals surface area contributed by atoms with Gasteiger partial charge in [0, 0.05) is 22.8 Å². The Morgan fingerprint density at radius 3 is 2.88 bits per heavy atom. The van der Waals surface area contributed by atoms with Crippen LogP contribution in [0.5, 0.6) is 0 Å². The number of amides is 1. The van der Waals surface area contributed by atoms with Crippen LogP contribution in [0.2, 0.25) is 0 Å². The second-order valence-corrected chi connectivity index (χ2v) is 6.21. The number of rotatable bonds is 3. The van der Waals surface area contributed by atoms with Crippen molar-refractivity contribution in [2.24, 2.45) is 0 Å². The lowest BCUT2D eigenvalue weighted by Gasteiger charge is -2.17. The Hall–Kier alpha value is -3.20. The fourth-order valence-electron chi connectivity index (χ4n) is 2.39. The third-order valence-corrected chi connectivity index (χ3v) is 3.59. The lowest BCUT2D eigenvalue weighted by Crippen LogP contribution is -2.42. The molecule has 3 aromatic heterocycles. The molecular weight excluding hydrogens is 302 g/mol. The minimum atomic E-state index is -0.947. The predicted octanol–water partition coefficient (Wildman–Crippen LogP) is 2.97. The topological polar surface area (TPSA) is 94.5 Å². The van der Waals surface area contributed by atoms with Crippen LogP contribution in [0.4, 0.5) is 0 Å². The first-order valence-electron chi connectivity index (χ1n) is 7.54. The molecule has 0 aliphatic carbocycles. The summed E-state index contributed by atoms with van der Waals surface area (Å²) in [6, 6.07) is 11.2. The number of carbonyl (C=O) groups is 1. The lowest BCUT2D eigenvalue weighted by atomic mass is 10.1. The van der Waals surface area contributed by atoms with E-state index in [0.717, 1.165) is 22.3 Å². The number of aromatic nitrogens is 3. The van der Waals surface area contributed by atoms with Gasteiger partial charge >= 0.3 is 0 Å². The molecule has 0 atom stereocenters. The Balaban J connectivity index is 1.94. The van der Waals surface area contributed by atoms with Gasteiger partial charge in [-0.1, -0.05) is 6.07 Å². The first-order chi connectivity index (χ1) is 11.4. The van der Waals surface area contributed by atoms with E-state index in [1.54, 1.807) is 32.2 Å². The summed E-state index contributed by atoms with van der Waals surface area (Å²) >= 11 is 0. The average molecular weight is 319 g/mol. The van der Waals surface area contributed by atoms with E-state index in [0.29, 0.717) is 5.69 Å². The fraction of sp³-hybridized carbons (Fsp3) is 0.222. The summed E-state index contributed by atoms with van der Waals surface area (Å²) < 4.78 is 0. The van der Waals surface area contributed by atoms with Crippen LogP contribution in [0.15, 0.2) is 36.5 Å². The van der Waals surface area contributed by atoms with Crippen molar-refractivity contribution >= 4 is 16.9 Å². The maximum Gasteiger partial charge on any atom is 0.271 e. The zero-order valence-corrected chi connectivity index (χ0v) is 13.7. The summed E-state index contributed by atoms with van der Waals surface area (Å²) in [7, 11) is 0. The van der Waals surface area contributed by atoms with Gasteiger partial charge in [0.1, 0.15) is 16.9 Å². The molecule has 0 fully saturated rings. The molecule has 0 aliphatic rings. The van der Waals surface area contributed by atoms with Crippen molar-refractivity contribution in [3.63, 3.8) is 0 Å². The minimum Gasteiger partial charge on any atom is -0.344 e. The predicted molar refractivity (Wildman–Crippen MR) is 91.2 cm³/mol. The Bertz CT molecular complexity index is 965. The van der Waals surface area contributed by atoms with Gasteiger partial charge in [0.2, 0.25) is 0 Å². The molecule has 0 radical (unpaired) electrons. The summed E-state index contributed by atoms with van der Waals surface area (Å²) in [5, 5.41) is 12.7. The van der Waals surface area contributed by atoms with Gasteiger partial charge in [-0.2, -0.15) is 5.26 Å². The number of H-pyrrole nitrogens is 1. The van der Waals surface area contributed by atoms with Crippen molar-refractivity contribution in [2.75, 3.05) is 0 Å². The van der Waals surface area contributed by atoms with Gasteiger partial charge in [-0.15, -0.1) is 0 Å². The van der Waals surface area contributed by atoms with Gasteiger partial charge < -0.3 is 10.3 Å². The van der Waals surface area contributed by atoms with Gasteiger partial charge in [0.15, 0.2) is 0 Å². The zero-order valence-electron chi connectivity index (χ0n) is 13.7. The third-order valence-electron chi connectivity index (χ3n) is 3.59. The van der Waals surface area contributed by atoms with E-state index >= 15 is 0 Å². The number of pyridine rings is 2. The lowest BCUT2D eigenvalue weighted by molar-refractivity contribution is 0.0924. The number of hydrogen-bond donors (Lipinski definition) is 2. The number of hydrogen-bond acceptors (Lipinski definition) is 4. The highest BCUT2D eigenvalue weighted by molar-refractivity contribution is 5.93. The van der Waals surface area contributed by atoms with Crippen LogP contribution in [0.1, 0.15) is 30.0 Å². The average Bonchev–Trinajstić information content (AvgIpc) is 2.93. The normalized spacial score (nSPS) is 11.2. The number of nitrogens with zero attached hydrogens (tertiary/aromatic N) is 3. The summed E-state index contributed by atoms with van der Waals surface area (Å²) in [5.74, 6) is -0.380. The van der Waals surface area contributed by atoms with Gasteiger partial charge in [0.25, 0.3) is 5.91 Å². The largest absolute Gasteiger partial charge is 0.344 e. The maximum absolute atomic E-state index is 12.3. The molecule has 1 amide bonds. The van der Waals surface area contributed by atoms with Crippen molar-refractivity contribution < 1.29 is 4.79 Å². The van der Waals surface area contributed by atoms with Crippen molar-refractivity contribution in [1.29, 1.82) is 5.26 Å². The van der Waals surface area contributed by atoms with Gasteiger partial charge in [-0.3, -0.25) is 4.79 Å². The highest BCUT2D eigenvalue weighted by atomic mass is 16.2. The van der Waals surface area contributed by atoms with Crippen molar-refractivity contribution in [1.82, 2.24) is 20.3 Å². The molecule has 0 saturated carbocycles. The second-order valence-electron chi connectivity index (χ2n) is 6.21. The highest BCUT2D eigenvalue weighted by Gasteiger charge is 2.21. The van der Waals surface area contributed by atoms with Crippen LogP contribution in [0, 0.1) is 18.3 Å². The molecule has 6 heteroatoms. The Labute approximate surface area is 139 Å². The van der Waals surface area contributed by atoms with Crippen LogP contribution in [-0.4, -0.2) is 26.4 Å². The molecule has 2 N–H and O–H groups in total. The quantitative estimate of drug-likeness (QED) is 0.776. The standard InChI is InChI=1S/C18H17N5O/c1-11-7-12-8-13(9-20-16(12)21-11)14-5-4-6-15(22-14)17(24)23-18(2,3)10-19/h4-9H,1-3H3,(H,20,21)(H,23,24). The number of nitriles is 1. The highest BCUT2D eigenvalue weighted by Crippen LogP contribution is 2.22. The van der Waals surface area contributed by atoms with Crippen LogP contribution in [0.3, 0.4) is 0 Å². The molecular formula is C18H17N5O. The van der Waals surface area contributed by atoms with E-state index in [1.165, 1.54) is 0 Å². The third kappa shape index (κ3) is 3.10. The van der Waals surface area contributed by atoms with E-state index in [4.69, 9.17) is 5.26 Å². The first kappa shape index (κ1) is 15.7. The Kier molecular flexibility index (Phi) is 3.78. The SMILES string of the molecule is Cc1cc2cc(-c3cccc(C(=O)NC(C)(C)C#N)n3)cnc2[nH]1. The second kappa shape index (κ2) is 5.78. The van der Waals surface area contributed by atoms with E-state index in [9.17, 15) is 4.79 Å². The molecule has 6 nitrogen and oxygen atoms in total. The molecule has 0 bridgehead atoms. The molecule has 0 aliphatic heterocycles. The number of carbonyl (C=O) groups excluding carboxylic acids is 1. The number of nitrogens with one attached hydrogen (secondary N) is 2.